The van der Waals surface area contributed by atoms with Gasteiger partial charge in [-0.25, -0.2) is 0 Å². The van der Waals surface area contributed by atoms with E-state index in [-0.39, 0.29) is 23.9 Å². The highest BCUT2D eigenvalue weighted by Crippen LogP contribution is 2.07. The van der Waals surface area contributed by atoms with E-state index < -0.39 is 0 Å². The normalized spacial score (nSPS) is 12.1. The van der Waals surface area contributed by atoms with Crippen LogP contribution < -0.4 is 0 Å². The van der Waals surface area contributed by atoms with E-state index in [1.807, 2.05) is 37.3 Å². The summed E-state index contributed by atoms with van der Waals surface area (Å²) < 4.78 is 0. The lowest BCUT2D eigenvalue weighted by Crippen LogP contribution is -2.22. The summed E-state index contributed by atoms with van der Waals surface area (Å²) in [6.45, 7) is 3.71. The minimum atomic E-state index is -0.282. The van der Waals surface area contributed by atoms with Gasteiger partial charge in [0, 0.05) is 12.3 Å². The number of rotatable bonds is 5. The molecule has 0 heterocycles. The Morgan fingerprint density at radius 3 is 2.33 bits per heavy atom. The van der Waals surface area contributed by atoms with Gasteiger partial charge in [0.15, 0.2) is 0 Å². The largest absolute Gasteiger partial charge is 0.291 e. The third kappa shape index (κ3) is 3.31. The summed E-state index contributed by atoms with van der Waals surface area (Å²) in [5.74, 6) is -0.682. The highest BCUT2D eigenvalue weighted by atomic mass is 16.2. The maximum Gasteiger partial charge on any atom is 0.203 e. The molecule has 0 bridgehead atoms. The van der Waals surface area contributed by atoms with E-state index >= 15 is 0 Å². The lowest BCUT2D eigenvalue weighted by molar-refractivity contribution is -0.138. The molecule has 2 heteroatoms. The third-order valence-electron chi connectivity index (χ3n) is 2.54. The number of Topliss-reactive ketones (excluding diaryl/α,β-unsaturated/α-hetero) is 2. The SMILES string of the molecule is CCC(C)C(=O)C(=O)Cc1ccccc1. The molecule has 0 aromatic heterocycles. The highest BCUT2D eigenvalue weighted by molar-refractivity contribution is 6.38. The van der Waals surface area contributed by atoms with E-state index in [1.54, 1.807) is 6.92 Å². The number of hydrogen-bond donors (Lipinski definition) is 0. The van der Waals surface area contributed by atoms with Crippen molar-refractivity contribution in [2.24, 2.45) is 5.92 Å². The predicted octanol–water partition coefficient (Wildman–Crippen LogP) is 2.41. The summed E-state index contributed by atoms with van der Waals surface area (Å²) in [5, 5.41) is 0. The average molecular weight is 204 g/mol. The van der Waals surface area contributed by atoms with Crippen LogP contribution in [0.4, 0.5) is 0 Å². The van der Waals surface area contributed by atoms with Gasteiger partial charge in [-0.3, -0.25) is 9.59 Å². The van der Waals surface area contributed by atoms with Gasteiger partial charge in [-0.05, 0) is 12.0 Å². The van der Waals surface area contributed by atoms with Gasteiger partial charge in [-0.2, -0.15) is 0 Å². The Balaban J connectivity index is 2.60. The molecule has 0 radical (unpaired) electrons. The first-order chi connectivity index (χ1) is 7.15. The van der Waals surface area contributed by atoms with E-state index in [9.17, 15) is 9.59 Å². The molecule has 80 valence electrons. The third-order valence-corrected chi connectivity index (χ3v) is 2.54. The van der Waals surface area contributed by atoms with Crippen LogP contribution in [0.2, 0.25) is 0 Å². The van der Waals surface area contributed by atoms with Gasteiger partial charge in [-0.15, -0.1) is 0 Å². The van der Waals surface area contributed by atoms with Crippen molar-refractivity contribution < 1.29 is 9.59 Å². The van der Waals surface area contributed by atoms with Crippen LogP contribution in [0, 0.1) is 5.92 Å². The highest BCUT2D eigenvalue weighted by Gasteiger charge is 2.19. The van der Waals surface area contributed by atoms with Crippen molar-refractivity contribution in [3.63, 3.8) is 0 Å². The molecule has 1 aromatic rings. The second-order valence-electron chi connectivity index (χ2n) is 3.76. The van der Waals surface area contributed by atoms with Crippen LogP contribution in [0.5, 0.6) is 0 Å². The zero-order valence-corrected chi connectivity index (χ0v) is 9.19. The van der Waals surface area contributed by atoms with Crippen molar-refractivity contribution in [1.29, 1.82) is 0 Å². The Hall–Kier alpha value is -1.44. The summed E-state index contributed by atoms with van der Waals surface area (Å²) >= 11 is 0. The fraction of sp³-hybridized carbons (Fsp3) is 0.385. The van der Waals surface area contributed by atoms with Gasteiger partial charge in [0.05, 0.1) is 0 Å². The summed E-state index contributed by atoms with van der Waals surface area (Å²) in [5.41, 5.74) is 0.902. The van der Waals surface area contributed by atoms with Crippen LogP contribution >= 0.6 is 0 Å². The lowest BCUT2D eigenvalue weighted by Gasteiger charge is -2.05. The lowest BCUT2D eigenvalue weighted by atomic mass is 9.96. The van der Waals surface area contributed by atoms with Crippen molar-refractivity contribution in [2.45, 2.75) is 26.7 Å². The molecule has 15 heavy (non-hydrogen) atoms. The summed E-state index contributed by atoms with van der Waals surface area (Å²) in [7, 11) is 0. The fourth-order valence-electron chi connectivity index (χ4n) is 1.33. The molecular weight excluding hydrogens is 188 g/mol. The van der Waals surface area contributed by atoms with E-state index in [4.69, 9.17) is 0 Å². The molecule has 0 saturated carbocycles. The first-order valence-corrected chi connectivity index (χ1v) is 5.26. The summed E-state index contributed by atoms with van der Waals surface area (Å²) in [6.07, 6.45) is 0.948. The van der Waals surface area contributed by atoms with Crippen molar-refractivity contribution in [2.75, 3.05) is 0 Å². The second kappa shape index (κ2) is 5.44. The minimum Gasteiger partial charge on any atom is -0.291 e. The van der Waals surface area contributed by atoms with Crippen LogP contribution in [-0.2, 0) is 16.0 Å². The summed E-state index contributed by atoms with van der Waals surface area (Å²) in [6, 6.07) is 9.36. The fourth-order valence-corrected chi connectivity index (χ4v) is 1.33. The quantitative estimate of drug-likeness (QED) is 0.690. The standard InChI is InChI=1S/C13H16O2/c1-3-10(2)13(15)12(14)9-11-7-5-4-6-8-11/h4-8,10H,3,9H2,1-2H3. The van der Waals surface area contributed by atoms with Gasteiger partial charge in [0.1, 0.15) is 0 Å². The molecule has 0 aliphatic rings. The van der Waals surface area contributed by atoms with Crippen molar-refractivity contribution in [3.05, 3.63) is 35.9 Å². The minimum absolute atomic E-state index is 0.152. The van der Waals surface area contributed by atoms with Gasteiger partial charge >= 0.3 is 0 Å². The molecule has 1 atom stereocenters. The zero-order valence-electron chi connectivity index (χ0n) is 9.19. The maximum atomic E-state index is 11.6. The Labute approximate surface area is 90.3 Å². The zero-order chi connectivity index (χ0) is 11.3. The monoisotopic (exact) mass is 204 g/mol. The number of ketones is 2. The first kappa shape index (κ1) is 11.6. The molecule has 0 spiro atoms. The van der Waals surface area contributed by atoms with Crippen molar-refractivity contribution in [1.82, 2.24) is 0 Å². The number of hydrogen-bond acceptors (Lipinski definition) is 2. The van der Waals surface area contributed by atoms with Crippen LogP contribution in [0.3, 0.4) is 0 Å². The Morgan fingerprint density at radius 1 is 1.20 bits per heavy atom. The van der Waals surface area contributed by atoms with Crippen molar-refractivity contribution >= 4 is 11.6 Å². The predicted molar refractivity (Wildman–Crippen MR) is 59.6 cm³/mol. The first-order valence-electron chi connectivity index (χ1n) is 5.26. The molecule has 2 nitrogen and oxygen atoms in total. The number of carbonyl (C=O) groups excluding carboxylic acids is 2. The molecule has 1 rings (SSSR count). The maximum absolute atomic E-state index is 11.6. The molecule has 0 aliphatic carbocycles. The summed E-state index contributed by atoms with van der Waals surface area (Å²) in [4.78, 5) is 23.1. The van der Waals surface area contributed by atoms with Crippen molar-refractivity contribution in [3.8, 4) is 0 Å². The topological polar surface area (TPSA) is 34.1 Å². The number of benzene rings is 1. The van der Waals surface area contributed by atoms with Gasteiger partial charge in [0.2, 0.25) is 11.6 Å². The molecule has 0 aliphatic heterocycles. The molecule has 0 saturated heterocycles. The molecule has 0 N–H and O–H groups in total. The van der Waals surface area contributed by atoms with Crippen LogP contribution in [-0.4, -0.2) is 11.6 Å². The van der Waals surface area contributed by atoms with Crippen LogP contribution in [0.1, 0.15) is 25.8 Å². The molecular formula is C13H16O2. The average Bonchev–Trinajstić information content (AvgIpc) is 2.28. The van der Waals surface area contributed by atoms with Crippen LogP contribution in [0.25, 0.3) is 0 Å². The van der Waals surface area contributed by atoms with Gasteiger partial charge < -0.3 is 0 Å². The Bertz CT molecular complexity index is 341. The van der Waals surface area contributed by atoms with E-state index in [0.717, 1.165) is 12.0 Å². The Morgan fingerprint density at radius 2 is 1.80 bits per heavy atom. The molecule has 1 aromatic carbocycles. The number of carbonyl (C=O) groups is 2. The van der Waals surface area contributed by atoms with E-state index in [1.165, 1.54) is 0 Å². The second-order valence-corrected chi connectivity index (χ2v) is 3.76. The van der Waals surface area contributed by atoms with Gasteiger partial charge in [0.25, 0.3) is 0 Å². The molecule has 0 amide bonds. The smallest absolute Gasteiger partial charge is 0.203 e. The Kier molecular flexibility index (Phi) is 4.22. The molecule has 0 fully saturated rings. The van der Waals surface area contributed by atoms with Crippen LogP contribution in [0.15, 0.2) is 30.3 Å². The molecule has 1 unspecified atom stereocenters. The van der Waals surface area contributed by atoms with Gasteiger partial charge in [-0.1, -0.05) is 44.2 Å². The van der Waals surface area contributed by atoms with E-state index in [2.05, 4.69) is 0 Å². The van der Waals surface area contributed by atoms with E-state index in [0.29, 0.717) is 0 Å².